The molecule has 0 spiro atoms. The zero-order valence-corrected chi connectivity index (χ0v) is 12.8. The quantitative estimate of drug-likeness (QED) is 0.827. The smallest absolute Gasteiger partial charge is 0.341 e. The van der Waals surface area contributed by atoms with Crippen LogP contribution in [0.1, 0.15) is 17.3 Å². The SMILES string of the molecule is CCOC(=O)c1cccnc1Nc1ccc(OC)c(OC)c1. The zero-order valence-electron chi connectivity index (χ0n) is 12.8. The van der Waals surface area contributed by atoms with Crippen LogP contribution < -0.4 is 14.8 Å². The largest absolute Gasteiger partial charge is 0.493 e. The number of nitrogens with zero attached hydrogens (tertiary/aromatic N) is 1. The molecule has 116 valence electrons. The maximum atomic E-state index is 11.9. The van der Waals surface area contributed by atoms with Crippen molar-refractivity contribution in [2.24, 2.45) is 0 Å². The van der Waals surface area contributed by atoms with E-state index < -0.39 is 5.97 Å². The van der Waals surface area contributed by atoms with Crippen LogP contribution in [0, 0.1) is 0 Å². The lowest BCUT2D eigenvalue weighted by atomic mass is 10.2. The second-order valence-corrected chi connectivity index (χ2v) is 4.31. The van der Waals surface area contributed by atoms with E-state index in [2.05, 4.69) is 10.3 Å². The van der Waals surface area contributed by atoms with Crippen LogP contribution in [0.3, 0.4) is 0 Å². The Kier molecular flexibility index (Phi) is 5.19. The van der Waals surface area contributed by atoms with Crippen LogP contribution in [-0.4, -0.2) is 31.8 Å². The van der Waals surface area contributed by atoms with Crippen LogP contribution in [0.5, 0.6) is 11.5 Å². The third kappa shape index (κ3) is 3.46. The molecule has 0 atom stereocenters. The van der Waals surface area contributed by atoms with Crippen LogP contribution >= 0.6 is 0 Å². The number of pyridine rings is 1. The van der Waals surface area contributed by atoms with Gasteiger partial charge in [0.15, 0.2) is 11.5 Å². The van der Waals surface area contributed by atoms with Gasteiger partial charge in [-0.1, -0.05) is 0 Å². The molecule has 0 saturated carbocycles. The Bertz CT molecular complexity index is 658. The highest BCUT2D eigenvalue weighted by Gasteiger charge is 2.14. The Labute approximate surface area is 129 Å². The fraction of sp³-hybridized carbons (Fsp3) is 0.250. The number of hydrogen-bond acceptors (Lipinski definition) is 6. The van der Waals surface area contributed by atoms with Gasteiger partial charge in [-0.2, -0.15) is 0 Å². The number of methoxy groups -OCH3 is 2. The Morgan fingerprint density at radius 2 is 1.95 bits per heavy atom. The van der Waals surface area contributed by atoms with E-state index in [1.807, 2.05) is 6.07 Å². The van der Waals surface area contributed by atoms with E-state index in [9.17, 15) is 4.79 Å². The van der Waals surface area contributed by atoms with Crippen molar-refractivity contribution in [2.45, 2.75) is 6.92 Å². The molecule has 0 aliphatic heterocycles. The minimum atomic E-state index is -0.418. The lowest BCUT2D eigenvalue weighted by molar-refractivity contribution is 0.0527. The number of benzene rings is 1. The summed E-state index contributed by atoms with van der Waals surface area (Å²) >= 11 is 0. The van der Waals surface area contributed by atoms with Crippen LogP contribution in [0.15, 0.2) is 36.5 Å². The average Bonchev–Trinajstić information content (AvgIpc) is 2.55. The molecule has 6 heteroatoms. The highest BCUT2D eigenvalue weighted by molar-refractivity contribution is 5.95. The summed E-state index contributed by atoms with van der Waals surface area (Å²) in [6.07, 6.45) is 1.60. The van der Waals surface area contributed by atoms with E-state index >= 15 is 0 Å². The van der Waals surface area contributed by atoms with Crippen molar-refractivity contribution in [2.75, 3.05) is 26.1 Å². The Balaban J connectivity index is 2.29. The van der Waals surface area contributed by atoms with E-state index in [0.29, 0.717) is 29.5 Å². The molecule has 2 rings (SSSR count). The van der Waals surface area contributed by atoms with E-state index in [1.165, 1.54) is 0 Å². The van der Waals surface area contributed by atoms with Gasteiger partial charge in [0, 0.05) is 18.0 Å². The standard InChI is InChI=1S/C16H18N2O4/c1-4-22-16(19)12-6-5-9-17-15(12)18-11-7-8-13(20-2)14(10-11)21-3/h5-10H,4H2,1-3H3,(H,17,18). The Morgan fingerprint density at radius 3 is 2.64 bits per heavy atom. The van der Waals surface area contributed by atoms with Gasteiger partial charge < -0.3 is 19.5 Å². The van der Waals surface area contributed by atoms with Crippen molar-refractivity contribution in [3.8, 4) is 11.5 Å². The van der Waals surface area contributed by atoms with Crippen molar-refractivity contribution in [3.63, 3.8) is 0 Å². The van der Waals surface area contributed by atoms with Gasteiger partial charge in [0.25, 0.3) is 0 Å². The summed E-state index contributed by atoms with van der Waals surface area (Å²) in [6.45, 7) is 2.07. The molecule has 1 aromatic carbocycles. The summed E-state index contributed by atoms with van der Waals surface area (Å²) in [5.41, 5.74) is 1.10. The monoisotopic (exact) mass is 302 g/mol. The summed E-state index contributed by atoms with van der Waals surface area (Å²) in [4.78, 5) is 16.1. The van der Waals surface area contributed by atoms with Gasteiger partial charge in [0.05, 0.1) is 20.8 Å². The van der Waals surface area contributed by atoms with E-state index in [1.54, 1.807) is 51.6 Å². The molecule has 0 amide bonds. The first kappa shape index (κ1) is 15.6. The molecule has 1 N–H and O–H groups in total. The van der Waals surface area contributed by atoms with Crippen LogP contribution in [-0.2, 0) is 4.74 Å². The first-order chi connectivity index (χ1) is 10.7. The molecule has 0 aliphatic carbocycles. The van der Waals surface area contributed by atoms with Crippen molar-refractivity contribution >= 4 is 17.5 Å². The van der Waals surface area contributed by atoms with Gasteiger partial charge in [0.1, 0.15) is 11.4 Å². The van der Waals surface area contributed by atoms with Gasteiger partial charge in [-0.05, 0) is 31.2 Å². The molecule has 22 heavy (non-hydrogen) atoms. The summed E-state index contributed by atoms with van der Waals surface area (Å²) in [5.74, 6) is 1.22. The zero-order chi connectivity index (χ0) is 15.9. The van der Waals surface area contributed by atoms with Gasteiger partial charge in [0.2, 0.25) is 0 Å². The minimum Gasteiger partial charge on any atom is -0.493 e. The predicted molar refractivity (Wildman–Crippen MR) is 83.0 cm³/mol. The van der Waals surface area contributed by atoms with E-state index in [4.69, 9.17) is 14.2 Å². The molecule has 2 aromatic rings. The van der Waals surface area contributed by atoms with Gasteiger partial charge in [-0.15, -0.1) is 0 Å². The van der Waals surface area contributed by atoms with Gasteiger partial charge in [-0.25, -0.2) is 9.78 Å². The normalized spacial score (nSPS) is 9.95. The number of aromatic nitrogens is 1. The molecule has 1 heterocycles. The lowest BCUT2D eigenvalue weighted by Gasteiger charge is -2.12. The fourth-order valence-electron chi connectivity index (χ4n) is 1.93. The molecule has 6 nitrogen and oxygen atoms in total. The molecule has 0 fully saturated rings. The van der Waals surface area contributed by atoms with Gasteiger partial charge >= 0.3 is 5.97 Å². The van der Waals surface area contributed by atoms with Crippen molar-refractivity contribution in [1.29, 1.82) is 0 Å². The summed E-state index contributed by atoms with van der Waals surface area (Å²) in [6, 6.07) is 8.70. The molecule has 0 unspecified atom stereocenters. The average molecular weight is 302 g/mol. The second-order valence-electron chi connectivity index (χ2n) is 4.31. The molecule has 0 radical (unpaired) electrons. The fourth-order valence-corrected chi connectivity index (χ4v) is 1.93. The number of hydrogen-bond donors (Lipinski definition) is 1. The van der Waals surface area contributed by atoms with Crippen LogP contribution in [0.2, 0.25) is 0 Å². The highest BCUT2D eigenvalue weighted by atomic mass is 16.5. The second kappa shape index (κ2) is 7.31. The molecule has 0 bridgehead atoms. The number of ether oxygens (including phenoxy) is 3. The van der Waals surface area contributed by atoms with Crippen molar-refractivity contribution in [3.05, 3.63) is 42.1 Å². The van der Waals surface area contributed by atoms with Gasteiger partial charge in [-0.3, -0.25) is 0 Å². The first-order valence-electron chi connectivity index (χ1n) is 6.80. The topological polar surface area (TPSA) is 69.7 Å². The lowest BCUT2D eigenvalue weighted by Crippen LogP contribution is -2.09. The summed E-state index contributed by atoms with van der Waals surface area (Å²) in [7, 11) is 3.13. The van der Waals surface area contributed by atoms with Crippen molar-refractivity contribution in [1.82, 2.24) is 4.98 Å². The van der Waals surface area contributed by atoms with Crippen LogP contribution in [0.4, 0.5) is 11.5 Å². The molecule has 1 aromatic heterocycles. The number of nitrogens with one attached hydrogen (secondary N) is 1. The number of carbonyl (C=O) groups excluding carboxylic acids is 1. The molecule has 0 saturated heterocycles. The number of anilines is 2. The summed E-state index contributed by atoms with van der Waals surface area (Å²) in [5, 5.41) is 3.09. The highest BCUT2D eigenvalue weighted by Crippen LogP contribution is 2.31. The third-order valence-electron chi connectivity index (χ3n) is 2.95. The Morgan fingerprint density at radius 1 is 1.18 bits per heavy atom. The minimum absolute atomic E-state index is 0.309. The molecular formula is C16H18N2O4. The number of esters is 1. The predicted octanol–water partition coefficient (Wildman–Crippen LogP) is 3.02. The van der Waals surface area contributed by atoms with E-state index in [0.717, 1.165) is 5.69 Å². The van der Waals surface area contributed by atoms with Crippen molar-refractivity contribution < 1.29 is 19.0 Å². The summed E-state index contributed by atoms with van der Waals surface area (Å²) < 4.78 is 15.5. The van der Waals surface area contributed by atoms with Crippen LogP contribution in [0.25, 0.3) is 0 Å². The van der Waals surface area contributed by atoms with E-state index in [-0.39, 0.29) is 0 Å². The first-order valence-corrected chi connectivity index (χ1v) is 6.80. The molecule has 0 aliphatic rings. The number of rotatable bonds is 6. The maximum Gasteiger partial charge on any atom is 0.341 e. The number of carbonyl (C=O) groups is 1. The Hall–Kier alpha value is -2.76. The maximum absolute atomic E-state index is 11.9. The molecular weight excluding hydrogens is 284 g/mol. The third-order valence-corrected chi connectivity index (χ3v) is 2.95.